The van der Waals surface area contributed by atoms with Crippen molar-refractivity contribution in [3.63, 3.8) is 0 Å². The Morgan fingerprint density at radius 1 is 1.29 bits per heavy atom. The number of nitrogens with zero attached hydrogens (tertiary/aromatic N) is 2. The van der Waals surface area contributed by atoms with E-state index in [-0.39, 0.29) is 0 Å². The second-order valence-electron chi connectivity index (χ2n) is 5.03. The summed E-state index contributed by atoms with van der Waals surface area (Å²) < 4.78 is 0. The minimum absolute atomic E-state index is 0.683. The molecule has 2 aliphatic rings. The highest BCUT2D eigenvalue weighted by atomic mass is 15.2. The van der Waals surface area contributed by atoms with Gasteiger partial charge < -0.3 is 15.1 Å². The quantitative estimate of drug-likeness (QED) is 0.684. The monoisotopic (exact) mass is 197 g/mol. The van der Waals surface area contributed by atoms with E-state index in [9.17, 15) is 0 Å². The SMILES string of the molecule is CC1CN(CC2CCN(C)C2)CCN1. The number of hydrogen-bond donors (Lipinski definition) is 1. The fourth-order valence-electron chi connectivity index (χ4n) is 2.72. The van der Waals surface area contributed by atoms with Crippen molar-refractivity contribution in [1.29, 1.82) is 0 Å². The van der Waals surface area contributed by atoms with Crippen LogP contribution < -0.4 is 5.32 Å². The van der Waals surface area contributed by atoms with Gasteiger partial charge in [-0.2, -0.15) is 0 Å². The van der Waals surface area contributed by atoms with Gasteiger partial charge in [0.2, 0.25) is 0 Å². The summed E-state index contributed by atoms with van der Waals surface area (Å²) in [6.45, 7) is 9.85. The first kappa shape index (κ1) is 10.4. The summed E-state index contributed by atoms with van der Waals surface area (Å²) in [6.07, 6.45) is 1.40. The molecule has 2 atom stereocenters. The summed E-state index contributed by atoms with van der Waals surface area (Å²) in [4.78, 5) is 5.08. The highest BCUT2D eigenvalue weighted by Gasteiger charge is 2.23. The van der Waals surface area contributed by atoms with Gasteiger partial charge in [-0.1, -0.05) is 0 Å². The van der Waals surface area contributed by atoms with Gasteiger partial charge in [0, 0.05) is 38.8 Å². The van der Waals surface area contributed by atoms with Gasteiger partial charge in [0.05, 0.1) is 0 Å². The van der Waals surface area contributed by atoms with Crippen molar-refractivity contribution in [3.8, 4) is 0 Å². The average molecular weight is 197 g/mol. The molecule has 2 unspecified atom stereocenters. The van der Waals surface area contributed by atoms with Crippen molar-refractivity contribution in [3.05, 3.63) is 0 Å². The highest BCUT2D eigenvalue weighted by Crippen LogP contribution is 2.16. The molecule has 2 saturated heterocycles. The molecule has 0 bridgehead atoms. The van der Waals surface area contributed by atoms with Crippen LogP contribution in [0.4, 0.5) is 0 Å². The van der Waals surface area contributed by atoms with Crippen LogP contribution in [-0.4, -0.2) is 62.2 Å². The van der Waals surface area contributed by atoms with Crippen LogP contribution in [0.2, 0.25) is 0 Å². The van der Waals surface area contributed by atoms with E-state index < -0.39 is 0 Å². The maximum absolute atomic E-state index is 3.49. The predicted octanol–water partition coefficient (Wildman–Crippen LogP) is 0.232. The van der Waals surface area contributed by atoms with Crippen LogP contribution in [0.1, 0.15) is 13.3 Å². The van der Waals surface area contributed by atoms with Crippen LogP contribution in [0.3, 0.4) is 0 Å². The number of hydrogen-bond acceptors (Lipinski definition) is 3. The molecule has 0 aliphatic carbocycles. The van der Waals surface area contributed by atoms with Crippen molar-refractivity contribution in [1.82, 2.24) is 15.1 Å². The second kappa shape index (κ2) is 4.60. The van der Waals surface area contributed by atoms with E-state index in [2.05, 4.69) is 29.1 Å². The molecule has 3 heteroatoms. The van der Waals surface area contributed by atoms with Gasteiger partial charge in [-0.3, -0.25) is 0 Å². The Morgan fingerprint density at radius 3 is 2.79 bits per heavy atom. The molecule has 2 fully saturated rings. The molecule has 0 amide bonds. The topological polar surface area (TPSA) is 18.5 Å². The Hall–Kier alpha value is -0.120. The standard InChI is InChI=1S/C11H23N3/c1-10-7-14(6-4-12-10)9-11-3-5-13(2)8-11/h10-12H,3-9H2,1-2H3. The van der Waals surface area contributed by atoms with E-state index >= 15 is 0 Å². The van der Waals surface area contributed by atoms with Crippen LogP contribution >= 0.6 is 0 Å². The van der Waals surface area contributed by atoms with Gasteiger partial charge in [0.1, 0.15) is 0 Å². The van der Waals surface area contributed by atoms with E-state index in [0.717, 1.165) is 5.92 Å². The Morgan fingerprint density at radius 2 is 2.14 bits per heavy atom. The molecule has 0 spiro atoms. The number of piperazine rings is 1. The van der Waals surface area contributed by atoms with Crippen molar-refractivity contribution >= 4 is 0 Å². The van der Waals surface area contributed by atoms with Crippen molar-refractivity contribution in [2.45, 2.75) is 19.4 Å². The first-order valence-corrected chi connectivity index (χ1v) is 5.88. The Balaban J connectivity index is 1.74. The predicted molar refractivity (Wildman–Crippen MR) is 59.5 cm³/mol. The van der Waals surface area contributed by atoms with Gasteiger partial charge in [-0.05, 0) is 32.9 Å². The van der Waals surface area contributed by atoms with Crippen molar-refractivity contribution in [2.24, 2.45) is 5.92 Å². The first-order valence-electron chi connectivity index (χ1n) is 5.88. The zero-order valence-corrected chi connectivity index (χ0v) is 9.50. The van der Waals surface area contributed by atoms with E-state index in [1.54, 1.807) is 0 Å². The van der Waals surface area contributed by atoms with E-state index in [0.29, 0.717) is 6.04 Å². The van der Waals surface area contributed by atoms with Gasteiger partial charge in [-0.25, -0.2) is 0 Å². The normalized spacial score (nSPS) is 36.4. The summed E-state index contributed by atoms with van der Waals surface area (Å²) >= 11 is 0. The van der Waals surface area contributed by atoms with Gasteiger partial charge in [-0.15, -0.1) is 0 Å². The number of rotatable bonds is 2. The van der Waals surface area contributed by atoms with Crippen LogP contribution in [0.25, 0.3) is 0 Å². The molecule has 1 N–H and O–H groups in total. The third-order valence-electron chi connectivity index (χ3n) is 3.46. The molecule has 2 aliphatic heterocycles. The van der Waals surface area contributed by atoms with Crippen LogP contribution in [0.15, 0.2) is 0 Å². The summed E-state index contributed by atoms with van der Waals surface area (Å²) in [6, 6.07) is 0.683. The lowest BCUT2D eigenvalue weighted by Gasteiger charge is -2.33. The maximum Gasteiger partial charge on any atom is 0.0167 e. The lowest BCUT2D eigenvalue weighted by atomic mass is 10.1. The smallest absolute Gasteiger partial charge is 0.0167 e. The number of nitrogens with one attached hydrogen (secondary N) is 1. The summed E-state index contributed by atoms with van der Waals surface area (Å²) in [5, 5.41) is 3.49. The first-order chi connectivity index (χ1) is 6.74. The largest absolute Gasteiger partial charge is 0.312 e. The Kier molecular flexibility index (Phi) is 3.42. The number of likely N-dealkylation sites (tertiary alicyclic amines) is 1. The molecule has 0 aromatic rings. The molecule has 0 saturated carbocycles. The molecule has 2 heterocycles. The molecular formula is C11H23N3. The molecule has 82 valence electrons. The molecule has 2 rings (SSSR count). The van der Waals surface area contributed by atoms with Gasteiger partial charge in [0.15, 0.2) is 0 Å². The van der Waals surface area contributed by atoms with Crippen LogP contribution in [0, 0.1) is 5.92 Å². The zero-order chi connectivity index (χ0) is 9.97. The molecule has 0 radical (unpaired) electrons. The molecule has 0 aromatic carbocycles. The highest BCUT2D eigenvalue weighted by molar-refractivity contribution is 4.80. The maximum atomic E-state index is 3.49. The van der Waals surface area contributed by atoms with E-state index in [1.165, 1.54) is 45.7 Å². The zero-order valence-electron chi connectivity index (χ0n) is 9.50. The van der Waals surface area contributed by atoms with Gasteiger partial charge >= 0.3 is 0 Å². The third kappa shape index (κ3) is 2.69. The fourth-order valence-corrected chi connectivity index (χ4v) is 2.72. The molecule has 14 heavy (non-hydrogen) atoms. The minimum Gasteiger partial charge on any atom is -0.312 e. The molecule has 3 nitrogen and oxygen atoms in total. The Labute approximate surface area is 87.4 Å². The van der Waals surface area contributed by atoms with Gasteiger partial charge in [0.25, 0.3) is 0 Å². The Bertz CT molecular complexity index is 183. The second-order valence-corrected chi connectivity index (χ2v) is 5.03. The van der Waals surface area contributed by atoms with Crippen molar-refractivity contribution < 1.29 is 0 Å². The third-order valence-corrected chi connectivity index (χ3v) is 3.46. The lowest BCUT2D eigenvalue weighted by molar-refractivity contribution is 0.179. The fraction of sp³-hybridized carbons (Fsp3) is 1.00. The average Bonchev–Trinajstić information content (AvgIpc) is 2.51. The molecule has 0 aromatic heterocycles. The van der Waals surface area contributed by atoms with Crippen LogP contribution in [-0.2, 0) is 0 Å². The summed E-state index contributed by atoms with van der Waals surface area (Å²) in [5.74, 6) is 0.922. The minimum atomic E-state index is 0.683. The summed E-state index contributed by atoms with van der Waals surface area (Å²) in [5.41, 5.74) is 0. The van der Waals surface area contributed by atoms with E-state index in [1.807, 2.05) is 0 Å². The summed E-state index contributed by atoms with van der Waals surface area (Å²) in [7, 11) is 2.24. The lowest BCUT2D eigenvalue weighted by Crippen LogP contribution is -2.50. The van der Waals surface area contributed by atoms with Crippen LogP contribution in [0.5, 0.6) is 0 Å². The van der Waals surface area contributed by atoms with Crippen molar-refractivity contribution in [2.75, 3.05) is 46.3 Å². The molecular weight excluding hydrogens is 174 g/mol. The van der Waals surface area contributed by atoms with E-state index in [4.69, 9.17) is 0 Å².